The standard InChI is InChI=1S/C6H14N4O5/c1-15-6(9(2-11)4(7)13)10(3-12)5(8)14/h6,11-12H,2-3H2,1H3,(H2,7,13)(H2,8,14). The Balaban J connectivity index is 4.84. The molecule has 6 N–H and O–H groups in total. The number of primary amides is 2. The lowest BCUT2D eigenvalue weighted by atomic mass is 10.6. The van der Waals surface area contributed by atoms with Gasteiger partial charge in [-0.3, -0.25) is 9.80 Å². The van der Waals surface area contributed by atoms with E-state index in [0.29, 0.717) is 9.80 Å². The fourth-order valence-electron chi connectivity index (χ4n) is 0.920. The molecule has 9 heteroatoms. The molecule has 15 heavy (non-hydrogen) atoms. The zero-order valence-electron chi connectivity index (χ0n) is 8.16. The Bertz CT molecular complexity index is 214. The van der Waals surface area contributed by atoms with Gasteiger partial charge in [-0.2, -0.15) is 0 Å². The van der Waals surface area contributed by atoms with Crippen LogP contribution in [0.3, 0.4) is 0 Å². The van der Waals surface area contributed by atoms with Gasteiger partial charge in [0, 0.05) is 7.11 Å². The number of urea groups is 2. The predicted octanol–water partition coefficient (Wildman–Crippen LogP) is -2.42. The van der Waals surface area contributed by atoms with Gasteiger partial charge >= 0.3 is 12.1 Å². The Morgan fingerprint density at radius 1 is 1.20 bits per heavy atom. The van der Waals surface area contributed by atoms with Gasteiger partial charge < -0.3 is 26.4 Å². The van der Waals surface area contributed by atoms with Crippen molar-refractivity contribution in [3.8, 4) is 0 Å². The van der Waals surface area contributed by atoms with E-state index >= 15 is 0 Å². The first-order valence-corrected chi connectivity index (χ1v) is 3.86. The molecule has 0 unspecified atom stereocenters. The Labute approximate surface area is 85.8 Å². The van der Waals surface area contributed by atoms with Crippen LogP contribution in [0.15, 0.2) is 0 Å². The van der Waals surface area contributed by atoms with Gasteiger partial charge in [0.05, 0.1) is 0 Å². The first-order chi connectivity index (χ1) is 6.99. The monoisotopic (exact) mass is 222 g/mol. The summed E-state index contributed by atoms with van der Waals surface area (Å²) in [5.74, 6) is 0. The van der Waals surface area contributed by atoms with Crippen LogP contribution in [0.2, 0.25) is 0 Å². The number of amides is 4. The molecule has 0 aromatic rings. The normalized spacial score (nSPS) is 10.1. The Hall–Kier alpha value is -1.58. The van der Waals surface area contributed by atoms with Crippen molar-refractivity contribution in [3.63, 3.8) is 0 Å². The van der Waals surface area contributed by atoms with Gasteiger partial charge in [0.1, 0.15) is 13.5 Å². The molecule has 0 fully saturated rings. The number of rotatable bonds is 5. The highest BCUT2D eigenvalue weighted by Crippen LogP contribution is 2.05. The van der Waals surface area contributed by atoms with Gasteiger partial charge in [-0.1, -0.05) is 0 Å². The number of nitrogens with zero attached hydrogens (tertiary/aromatic N) is 2. The fourth-order valence-corrected chi connectivity index (χ4v) is 0.920. The van der Waals surface area contributed by atoms with E-state index in [1.54, 1.807) is 0 Å². The molecule has 0 rings (SSSR count). The number of ether oxygens (including phenoxy) is 1. The number of hydrogen-bond donors (Lipinski definition) is 4. The van der Waals surface area contributed by atoms with Gasteiger partial charge in [-0.15, -0.1) is 0 Å². The first-order valence-electron chi connectivity index (χ1n) is 3.86. The number of nitrogens with two attached hydrogens (primary N) is 2. The highest BCUT2D eigenvalue weighted by atomic mass is 16.5. The molecule has 0 aliphatic rings. The highest BCUT2D eigenvalue weighted by molar-refractivity contribution is 5.75. The fraction of sp³-hybridized carbons (Fsp3) is 0.667. The van der Waals surface area contributed by atoms with E-state index in [-0.39, 0.29) is 0 Å². The molecule has 0 aliphatic heterocycles. The van der Waals surface area contributed by atoms with E-state index < -0.39 is 31.9 Å². The minimum atomic E-state index is -1.35. The molecular formula is C6H14N4O5. The third-order valence-electron chi connectivity index (χ3n) is 1.61. The average molecular weight is 222 g/mol. The number of carbonyl (C=O) groups excluding carboxylic acids is 2. The summed E-state index contributed by atoms with van der Waals surface area (Å²) < 4.78 is 4.71. The number of aliphatic hydroxyl groups excluding tert-OH is 2. The molecule has 0 spiro atoms. The summed E-state index contributed by atoms with van der Waals surface area (Å²) in [7, 11) is 1.15. The molecule has 0 aromatic carbocycles. The molecule has 0 bridgehead atoms. The SMILES string of the molecule is COC(N(CO)C(N)=O)N(CO)C(N)=O. The molecule has 88 valence electrons. The predicted molar refractivity (Wildman–Crippen MR) is 47.8 cm³/mol. The molecule has 0 aliphatic carbocycles. The van der Waals surface area contributed by atoms with E-state index in [4.69, 9.17) is 26.4 Å². The van der Waals surface area contributed by atoms with Gasteiger partial charge in [0.2, 0.25) is 6.35 Å². The number of aliphatic hydroxyl groups is 2. The molecule has 0 atom stereocenters. The van der Waals surface area contributed by atoms with E-state index in [1.807, 2.05) is 0 Å². The van der Waals surface area contributed by atoms with Crippen LogP contribution in [-0.2, 0) is 4.74 Å². The summed E-state index contributed by atoms with van der Waals surface area (Å²) >= 11 is 0. The first kappa shape index (κ1) is 13.4. The average Bonchev–Trinajstić information content (AvgIpc) is 2.16. The minimum absolute atomic E-state index is 0.598. The highest BCUT2D eigenvalue weighted by Gasteiger charge is 2.29. The van der Waals surface area contributed by atoms with Gasteiger partial charge in [0.25, 0.3) is 0 Å². The zero-order valence-corrected chi connectivity index (χ0v) is 8.16. The smallest absolute Gasteiger partial charge is 0.320 e. The Kier molecular flexibility index (Phi) is 5.37. The van der Waals surface area contributed by atoms with Crippen molar-refractivity contribution in [2.45, 2.75) is 6.35 Å². The molecule has 0 aromatic heterocycles. The third-order valence-corrected chi connectivity index (χ3v) is 1.61. The van der Waals surface area contributed by atoms with Crippen molar-refractivity contribution < 1.29 is 24.5 Å². The summed E-state index contributed by atoms with van der Waals surface area (Å²) in [5, 5.41) is 17.6. The van der Waals surface area contributed by atoms with Crippen molar-refractivity contribution in [3.05, 3.63) is 0 Å². The number of hydrogen-bond acceptors (Lipinski definition) is 5. The second-order valence-corrected chi connectivity index (χ2v) is 2.46. The third kappa shape index (κ3) is 3.23. The summed E-state index contributed by atoms with van der Waals surface area (Å²) in [6.07, 6.45) is -1.35. The lowest BCUT2D eigenvalue weighted by Gasteiger charge is -2.33. The van der Waals surface area contributed by atoms with E-state index in [0.717, 1.165) is 7.11 Å². The van der Waals surface area contributed by atoms with Gasteiger partial charge in [-0.25, -0.2) is 9.59 Å². The quantitative estimate of drug-likeness (QED) is 0.383. The van der Waals surface area contributed by atoms with Crippen molar-refractivity contribution in [1.29, 1.82) is 0 Å². The van der Waals surface area contributed by atoms with Crippen molar-refractivity contribution in [2.75, 3.05) is 20.6 Å². The van der Waals surface area contributed by atoms with E-state index in [9.17, 15) is 9.59 Å². The zero-order chi connectivity index (χ0) is 12.0. The van der Waals surface area contributed by atoms with Crippen LogP contribution < -0.4 is 11.5 Å². The van der Waals surface area contributed by atoms with Crippen LogP contribution in [-0.4, -0.2) is 59.0 Å². The summed E-state index contributed by atoms with van der Waals surface area (Å²) in [6, 6.07) is -2.05. The van der Waals surface area contributed by atoms with Crippen LogP contribution >= 0.6 is 0 Å². The van der Waals surface area contributed by atoms with Crippen molar-refractivity contribution in [1.82, 2.24) is 9.80 Å². The second kappa shape index (κ2) is 6.01. The van der Waals surface area contributed by atoms with Crippen LogP contribution in [0.1, 0.15) is 0 Å². The molecule has 4 amide bonds. The molecule has 0 radical (unpaired) electrons. The lowest BCUT2D eigenvalue weighted by molar-refractivity contribution is -0.132. The molecule has 0 saturated heterocycles. The van der Waals surface area contributed by atoms with E-state index in [2.05, 4.69) is 0 Å². The topological polar surface area (TPSA) is 142 Å². The minimum Gasteiger partial charge on any atom is -0.376 e. The number of methoxy groups -OCH3 is 1. The number of carbonyl (C=O) groups is 2. The van der Waals surface area contributed by atoms with Gasteiger partial charge in [-0.05, 0) is 0 Å². The van der Waals surface area contributed by atoms with Gasteiger partial charge in [0.15, 0.2) is 0 Å². The van der Waals surface area contributed by atoms with Crippen molar-refractivity contribution in [2.24, 2.45) is 11.5 Å². The summed E-state index contributed by atoms with van der Waals surface area (Å²) in [6.45, 7) is -1.56. The maximum absolute atomic E-state index is 10.8. The molecule has 9 nitrogen and oxygen atoms in total. The lowest BCUT2D eigenvalue weighted by Crippen LogP contribution is -2.57. The van der Waals surface area contributed by atoms with Crippen LogP contribution in [0, 0.1) is 0 Å². The second-order valence-electron chi connectivity index (χ2n) is 2.46. The summed E-state index contributed by atoms with van der Waals surface area (Å²) in [4.78, 5) is 22.8. The molecule has 0 saturated carbocycles. The Morgan fingerprint density at radius 3 is 1.67 bits per heavy atom. The Morgan fingerprint density at radius 2 is 1.53 bits per heavy atom. The maximum Gasteiger partial charge on any atom is 0.320 e. The van der Waals surface area contributed by atoms with E-state index in [1.165, 1.54) is 0 Å². The largest absolute Gasteiger partial charge is 0.376 e. The molecule has 0 heterocycles. The van der Waals surface area contributed by atoms with Crippen molar-refractivity contribution >= 4 is 12.1 Å². The van der Waals surface area contributed by atoms with Crippen LogP contribution in [0.4, 0.5) is 9.59 Å². The molecular weight excluding hydrogens is 208 g/mol. The maximum atomic E-state index is 10.8. The summed E-state index contributed by atoms with van der Waals surface area (Å²) in [5.41, 5.74) is 9.81. The van der Waals surface area contributed by atoms with Crippen LogP contribution in [0.5, 0.6) is 0 Å². The van der Waals surface area contributed by atoms with Crippen LogP contribution in [0.25, 0.3) is 0 Å².